The van der Waals surface area contributed by atoms with Crippen molar-refractivity contribution in [3.05, 3.63) is 67.9 Å². The molecule has 0 atom stereocenters. The molecule has 0 aromatic heterocycles. The molecule has 20 heavy (non-hydrogen) atoms. The third-order valence-corrected chi connectivity index (χ3v) is 3.17. The highest BCUT2D eigenvalue weighted by molar-refractivity contribution is 6.33. The lowest BCUT2D eigenvalue weighted by Crippen LogP contribution is -2.02. The van der Waals surface area contributed by atoms with Crippen LogP contribution in [0.1, 0.15) is 5.56 Å². The highest BCUT2D eigenvalue weighted by Crippen LogP contribution is 2.27. The molecule has 2 aromatic carbocycles. The van der Waals surface area contributed by atoms with Crippen LogP contribution in [0.5, 0.6) is 0 Å². The van der Waals surface area contributed by atoms with E-state index >= 15 is 0 Å². The fourth-order valence-corrected chi connectivity index (χ4v) is 2.09. The normalized spacial score (nSPS) is 10.3. The van der Waals surface area contributed by atoms with Crippen LogP contribution < -0.4 is 5.32 Å². The monoisotopic (exact) mass is 314 g/mol. The summed E-state index contributed by atoms with van der Waals surface area (Å²) in [6, 6.07) is 8.47. The van der Waals surface area contributed by atoms with Crippen LogP contribution in [0, 0.1) is 15.9 Å². The second-order valence-corrected chi connectivity index (χ2v) is 4.86. The van der Waals surface area contributed by atoms with Crippen molar-refractivity contribution in [1.82, 2.24) is 0 Å². The fourth-order valence-electron chi connectivity index (χ4n) is 1.64. The summed E-state index contributed by atoms with van der Waals surface area (Å²) in [6.07, 6.45) is 0. The second-order valence-electron chi connectivity index (χ2n) is 4.01. The largest absolute Gasteiger partial charge is 0.381 e. The lowest BCUT2D eigenvalue weighted by molar-refractivity contribution is -0.384. The van der Waals surface area contributed by atoms with E-state index in [1.807, 2.05) is 0 Å². The first-order valence-electron chi connectivity index (χ1n) is 5.59. The van der Waals surface area contributed by atoms with Gasteiger partial charge in [0.15, 0.2) is 0 Å². The van der Waals surface area contributed by atoms with Crippen molar-refractivity contribution < 1.29 is 9.31 Å². The van der Waals surface area contributed by atoms with Crippen molar-refractivity contribution >= 4 is 34.6 Å². The van der Waals surface area contributed by atoms with Crippen molar-refractivity contribution in [1.29, 1.82) is 0 Å². The maximum atomic E-state index is 13.5. The van der Waals surface area contributed by atoms with Gasteiger partial charge in [0.1, 0.15) is 10.8 Å². The average Bonchev–Trinajstić information content (AvgIpc) is 2.39. The topological polar surface area (TPSA) is 55.2 Å². The molecule has 0 bridgehead atoms. The van der Waals surface area contributed by atoms with Crippen molar-refractivity contribution in [3.63, 3.8) is 0 Å². The smallest absolute Gasteiger partial charge is 0.288 e. The van der Waals surface area contributed by atoms with Gasteiger partial charge in [-0.05, 0) is 30.3 Å². The van der Waals surface area contributed by atoms with E-state index < -0.39 is 4.92 Å². The highest BCUT2D eigenvalue weighted by atomic mass is 35.5. The van der Waals surface area contributed by atoms with Crippen LogP contribution in [0.25, 0.3) is 0 Å². The Labute approximate surface area is 124 Å². The van der Waals surface area contributed by atoms with E-state index in [0.29, 0.717) is 16.3 Å². The molecule has 0 aliphatic carbocycles. The lowest BCUT2D eigenvalue weighted by Gasteiger charge is -2.08. The fraction of sp³-hybridized carbons (Fsp3) is 0.0769. The highest BCUT2D eigenvalue weighted by Gasteiger charge is 2.12. The number of nitro groups is 1. The molecule has 0 aliphatic heterocycles. The first kappa shape index (κ1) is 14.6. The second kappa shape index (κ2) is 6.07. The quantitative estimate of drug-likeness (QED) is 0.660. The Morgan fingerprint density at radius 1 is 1.20 bits per heavy atom. The number of nitrogens with one attached hydrogen (secondary N) is 1. The number of benzene rings is 2. The first-order valence-corrected chi connectivity index (χ1v) is 6.34. The zero-order valence-electron chi connectivity index (χ0n) is 10.1. The molecule has 4 nitrogen and oxygen atoms in total. The number of hydrogen-bond donors (Lipinski definition) is 1. The third kappa shape index (κ3) is 3.37. The Morgan fingerprint density at radius 3 is 2.60 bits per heavy atom. The zero-order valence-corrected chi connectivity index (χ0v) is 11.6. The molecule has 104 valence electrons. The average molecular weight is 315 g/mol. The van der Waals surface area contributed by atoms with Gasteiger partial charge in [-0.15, -0.1) is 0 Å². The molecule has 2 aromatic rings. The van der Waals surface area contributed by atoms with E-state index in [4.69, 9.17) is 23.2 Å². The molecule has 0 amide bonds. The van der Waals surface area contributed by atoms with Gasteiger partial charge in [0.05, 0.1) is 4.92 Å². The van der Waals surface area contributed by atoms with E-state index in [1.54, 1.807) is 0 Å². The Bertz CT molecular complexity index is 665. The number of rotatable bonds is 4. The molecular formula is C13H9Cl2FN2O2. The van der Waals surface area contributed by atoms with E-state index in [-0.39, 0.29) is 23.1 Å². The predicted octanol–water partition coefficient (Wildman–Crippen LogP) is 4.65. The zero-order chi connectivity index (χ0) is 14.7. The predicted molar refractivity (Wildman–Crippen MR) is 76.8 cm³/mol. The van der Waals surface area contributed by atoms with Gasteiger partial charge in [0.2, 0.25) is 0 Å². The molecule has 2 rings (SSSR count). The number of nitro benzene ring substituents is 1. The van der Waals surface area contributed by atoms with Gasteiger partial charge in [0, 0.05) is 28.9 Å². The molecule has 0 heterocycles. The molecule has 0 saturated heterocycles. The summed E-state index contributed by atoms with van der Waals surface area (Å²) in [5.41, 5.74) is 0.776. The van der Waals surface area contributed by atoms with E-state index in [1.165, 1.54) is 36.4 Å². The summed E-state index contributed by atoms with van der Waals surface area (Å²) in [5.74, 6) is -0.380. The van der Waals surface area contributed by atoms with Crippen molar-refractivity contribution in [2.45, 2.75) is 6.54 Å². The number of halogens is 3. The van der Waals surface area contributed by atoms with Crippen LogP contribution in [0.4, 0.5) is 15.8 Å². The van der Waals surface area contributed by atoms with E-state index in [2.05, 4.69) is 5.32 Å². The number of anilines is 1. The van der Waals surface area contributed by atoms with Crippen molar-refractivity contribution in [3.8, 4) is 0 Å². The maximum Gasteiger partial charge on any atom is 0.288 e. The Morgan fingerprint density at radius 2 is 1.95 bits per heavy atom. The lowest BCUT2D eigenvalue weighted by atomic mass is 10.2. The van der Waals surface area contributed by atoms with Crippen LogP contribution in [0.15, 0.2) is 36.4 Å². The molecule has 1 N–H and O–H groups in total. The van der Waals surface area contributed by atoms with Crippen LogP contribution in [-0.4, -0.2) is 4.92 Å². The molecule has 0 unspecified atom stereocenters. The standard InChI is InChI=1S/C13H9Cl2FN2O2/c14-9-1-3-12(16)8(5-9)7-17-10-2-4-13(18(19)20)11(15)6-10/h1-6,17H,7H2. The Balaban J connectivity index is 2.13. The summed E-state index contributed by atoms with van der Waals surface area (Å²) in [4.78, 5) is 10.1. The summed E-state index contributed by atoms with van der Waals surface area (Å²) < 4.78 is 13.5. The maximum absolute atomic E-state index is 13.5. The molecule has 0 radical (unpaired) electrons. The van der Waals surface area contributed by atoms with E-state index in [0.717, 1.165) is 0 Å². The minimum Gasteiger partial charge on any atom is -0.381 e. The van der Waals surface area contributed by atoms with Crippen LogP contribution in [0.3, 0.4) is 0 Å². The molecule has 0 aliphatic rings. The van der Waals surface area contributed by atoms with Crippen molar-refractivity contribution in [2.75, 3.05) is 5.32 Å². The first-order chi connectivity index (χ1) is 9.47. The molecule has 7 heteroatoms. The summed E-state index contributed by atoms with van der Waals surface area (Å²) >= 11 is 11.6. The van der Waals surface area contributed by atoms with Gasteiger partial charge in [-0.25, -0.2) is 4.39 Å². The van der Waals surface area contributed by atoms with Crippen LogP contribution >= 0.6 is 23.2 Å². The van der Waals surface area contributed by atoms with Gasteiger partial charge in [0.25, 0.3) is 5.69 Å². The molecular weight excluding hydrogens is 306 g/mol. The summed E-state index contributed by atoms with van der Waals surface area (Å²) in [7, 11) is 0. The van der Waals surface area contributed by atoms with Crippen molar-refractivity contribution in [2.24, 2.45) is 0 Å². The van der Waals surface area contributed by atoms with E-state index in [9.17, 15) is 14.5 Å². The summed E-state index contributed by atoms with van der Waals surface area (Å²) in [6.45, 7) is 0.195. The third-order valence-electron chi connectivity index (χ3n) is 2.64. The van der Waals surface area contributed by atoms with Gasteiger partial charge >= 0.3 is 0 Å². The molecule has 0 fully saturated rings. The van der Waals surface area contributed by atoms with Gasteiger partial charge in [-0.1, -0.05) is 23.2 Å². The number of nitrogens with zero attached hydrogens (tertiary/aromatic N) is 1. The Kier molecular flexibility index (Phi) is 4.42. The van der Waals surface area contributed by atoms with Gasteiger partial charge in [-0.3, -0.25) is 10.1 Å². The minimum absolute atomic E-state index is 0.0200. The van der Waals surface area contributed by atoms with Gasteiger partial charge in [-0.2, -0.15) is 0 Å². The minimum atomic E-state index is -0.567. The Hall–Kier alpha value is -1.85. The molecule has 0 spiro atoms. The van der Waals surface area contributed by atoms with Crippen LogP contribution in [0.2, 0.25) is 10.0 Å². The summed E-state index contributed by atoms with van der Waals surface area (Å²) in [5, 5.41) is 14.0. The SMILES string of the molecule is O=[N+]([O-])c1ccc(NCc2cc(Cl)ccc2F)cc1Cl. The van der Waals surface area contributed by atoms with Gasteiger partial charge < -0.3 is 5.32 Å². The van der Waals surface area contributed by atoms with Crippen LogP contribution in [-0.2, 0) is 6.54 Å². The molecule has 0 saturated carbocycles. The number of hydrogen-bond acceptors (Lipinski definition) is 3.